The van der Waals surface area contributed by atoms with Crippen LogP contribution in [0.1, 0.15) is 23.1 Å². The quantitative estimate of drug-likeness (QED) is 0.671. The van der Waals surface area contributed by atoms with Gasteiger partial charge in [-0.25, -0.2) is 0 Å². The van der Waals surface area contributed by atoms with Crippen molar-refractivity contribution in [3.63, 3.8) is 0 Å². The van der Waals surface area contributed by atoms with E-state index in [1.54, 1.807) is 12.1 Å². The zero-order valence-electron chi connectivity index (χ0n) is 15.2. The van der Waals surface area contributed by atoms with Gasteiger partial charge < -0.3 is 5.11 Å². The van der Waals surface area contributed by atoms with Gasteiger partial charge in [0.2, 0.25) is 5.78 Å². The van der Waals surface area contributed by atoms with Gasteiger partial charge in [-0.1, -0.05) is 41.9 Å². The van der Waals surface area contributed by atoms with Crippen LogP contribution in [0.3, 0.4) is 0 Å². The lowest BCUT2D eigenvalue weighted by atomic mass is 9.97. The minimum atomic E-state index is -4.42. The Kier molecular flexibility index (Phi) is 4.87. The van der Waals surface area contributed by atoms with Gasteiger partial charge in [0.25, 0.3) is 0 Å². The van der Waals surface area contributed by atoms with Crippen LogP contribution >= 0.6 is 11.6 Å². The zero-order valence-corrected chi connectivity index (χ0v) is 15.9. The predicted octanol–water partition coefficient (Wildman–Crippen LogP) is 4.72. The lowest BCUT2D eigenvalue weighted by Crippen LogP contribution is -2.32. The molecule has 1 N–H and O–H groups in total. The molecule has 0 aromatic heterocycles. The average molecular weight is 417 g/mol. The molecule has 6 heteroatoms. The second kappa shape index (κ2) is 7.23. The zero-order chi connectivity index (χ0) is 20.8. The van der Waals surface area contributed by atoms with Gasteiger partial charge in [-0.3, -0.25) is 4.79 Å². The van der Waals surface area contributed by atoms with Gasteiger partial charge in [-0.05, 0) is 64.2 Å². The van der Waals surface area contributed by atoms with Crippen LogP contribution in [0, 0.1) is 0 Å². The fraction of sp³-hybridized carbons (Fsp3) is 0.174. The highest BCUT2D eigenvalue weighted by molar-refractivity contribution is 6.31. The van der Waals surface area contributed by atoms with Gasteiger partial charge in [0.05, 0.1) is 5.56 Å². The number of halogens is 4. The van der Waals surface area contributed by atoms with Gasteiger partial charge in [-0.15, -0.1) is 0 Å². The lowest BCUT2D eigenvalue weighted by molar-refractivity contribution is -0.137. The molecule has 3 aromatic rings. The topological polar surface area (TPSA) is 37.3 Å². The summed E-state index contributed by atoms with van der Waals surface area (Å²) < 4.78 is 38.3. The summed E-state index contributed by atoms with van der Waals surface area (Å²) in [6.07, 6.45) is -1.33. The molecule has 1 aliphatic carbocycles. The second-order valence-corrected chi connectivity index (χ2v) is 7.51. The largest absolute Gasteiger partial charge is 0.504 e. The van der Waals surface area contributed by atoms with E-state index in [-0.39, 0.29) is 23.0 Å². The molecule has 0 atom stereocenters. The molecular formula is C23H16ClF3O2. The van der Waals surface area contributed by atoms with E-state index in [4.69, 9.17) is 11.6 Å². The maximum atomic E-state index is 12.8. The monoisotopic (exact) mass is 416 g/mol. The number of hydrogen-bond donors (Lipinski definition) is 1. The van der Waals surface area contributed by atoms with E-state index in [0.717, 1.165) is 33.7 Å². The van der Waals surface area contributed by atoms with E-state index in [9.17, 15) is 23.1 Å². The standard InChI is InChI=1S/C23H16ClF3O2/c24-20-12-18(23(25,26)27)7-5-14(20)3-1-13-2-4-15-10-16-6-8-21(28)22(29)19(16)11-17(15)9-13/h2,4-7,9-12,29H,1,3,8H2. The lowest BCUT2D eigenvalue weighted by Gasteiger charge is -2.11. The summed E-state index contributed by atoms with van der Waals surface area (Å²) in [5.74, 6) is -0.517. The Morgan fingerprint density at radius 1 is 0.966 bits per heavy atom. The number of aliphatic hydroxyl groups is 1. The first-order valence-electron chi connectivity index (χ1n) is 9.07. The van der Waals surface area contributed by atoms with E-state index in [1.165, 1.54) is 6.07 Å². The Balaban J connectivity index is 1.62. The van der Waals surface area contributed by atoms with E-state index < -0.39 is 11.7 Å². The number of hydrogen-bond acceptors (Lipinski definition) is 2. The molecule has 1 aliphatic rings. The van der Waals surface area contributed by atoms with Crippen molar-refractivity contribution in [2.75, 3.05) is 0 Å². The highest BCUT2D eigenvalue weighted by Crippen LogP contribution is 2.32. The van der Waals surface area contributed by atoms with Crippen LogP contribution in [-0.4, -0.2) is 10.9 Å². The van der Waals surface area contributed by atoms with Crippen LogP contribution in [-0.2, 0) is 23.8 Å². The third-order valence-electron chi connectivity index (χ3n) is 5.16. The Labute approximate surface area is 169 Å². The maximum absolute atomic E-state index is 12.8. The van der Waals surface area contributed by atoms with Gasteiger partial charge in [0, 0.05) is 16.7 Å². The Morgan fingerprint density at radius 2 is 1.76 bits per heavy atom. The van der Waals surface area contributed by atoms with Crippen LogP contribution in [0.2, 0.25) is 5.02 Å². The number of aliphatic hydroxyl groups excluding tert-OH is 1. The van der Waals surface area contributed by atoms with Crippen LogP contribution in [0.5, 0.6) is 0 Å². The molecule has 2 nitrogen and oxygen atoms in total. The molecule has 29 heavy (non-hydrogen) atoms. The Bertz CT molecular complexity index is 1260. The smallest absolute Gasteiger partial charge is 0.416 e. The summed E-state index contributed by atoms with van der Waals surface area (Å²) in [5, 5.41) is 13.4. The Morgan fingerprint density at radius 3 is 2.48 bits per heavy atom. The molecule has 0 bridgehead atoms. The highest BCUT2D eigenvalue weighted by Gasteiger charge is 2.30. The van der Waals surface area contributed by atoms with Crippen LogP contribution in [0.4, 0.5) is 13.2 Å². The first kappa shape index (κ1) is 19.5. The highest BCUT2D eigenvalue weighted by atomic mass is 35.5. The summed E-state index contributed by atoms with van der Waals surface area (Å²) in [4.78, 5) is 11.7. The van der Waals surface area contributed by atoms with E-state index in [0.29, 0.717) is 23.6 Å². The molecular weight excluding hydrogens is 401 g/mol. The van der Waals surface area contributed by atoms with Crippen LogP contribution < -0.4 is 10.4 Å². The normalized spacial score (nSPS) is 14.1. The average Bonchev–Trinajstić information content (AvgIpc) is 2.68. The minimum absolute atomic E-state index is 0.100. The third kappa shape index (κ3) is 3.87. The second-order valence-electron chi connectivity index (χ2n) is 7.10. The molecule has 0 unspecified atom stereocenters. The molecule has 0 saturated carbocycles. The molecule has 0 amide bonds. The summed E-state index contributed by atoms with van der Waals surface area (Å²) in [7, 11) is 0. The fourth-order valence-corrected chi connectivity index (χ4v) is 3.82. The molecule has 0 radical (unpaired) electrons. The number of benzene rings is 3. The van der Waals surface area contributed by atoms with Crippen molar-refractivity contribution in [1.29, 1.82) is 0 Å². The van der Waals surface area contributed by atoms with Crippen molar-refractivity contribution < 1.29 is 23.1 Å². The van der Waals surface area contributed by atoms with Crippen molar-refractivity contribution in [3.05, 3.63) is 80.7 Å². The Hall–Kier alpha value is -2.79. The number of alkyl halides is 3. The number of rotatable bonds is 3. The number of carbonyl (C=O) groups is 1. The minimum Gasteiger partial charge on any atom is -0.504 e. The van der Waals surface area contributed by atoms with Crippen molar-refractivity contribution in [3.8, 4) is 0 Å². The van der Waals surface area contributed by atoms with Crippen molar-refractivity contribution in [2.45, 2.75) is 25.4 Å². The SMILES string of the molecule is O=C1CC=c2cc3ccc(CCc4ccc(C(F)(F)F)cc4Cl)cc3cc2=C1O. The van der Waals surface area contributed by atoms with Crippen molar-refractivity contribution in [2.24, 2.45) is 0 Å². The molecule has 0 spiro atoms. The molecule has 0 aliphatic heterocycles. The summed E-state index contributed by atoms with van der Waals surface area (Å²) in [6.45, 7) is 0. The number of fused-ring (bicyclic) bond motifs is 2. The van der Waals surface area contributed by atoms with Gasteiger partial charge in [-0.2, -0.15) is 13.2 Å². The first-order valence-corrected chi connectivity index (χ1v) is 9.45. The van der Waals surface area contributed by atoms with Crippen LogP contribution in [0.25, 0.3) is 22.6 Å². The molecule has 4 rings (SSSR count). The van der Waals surface area contributed by atoms with E-state index >= 15 is 0 Å². The molecule has 0 fully saturated rings. The predicted molar refractivity (Wildman–Crippen MR) is 107 cm³/mol. The van der Waals surface area contributed by atoms with E-state index in [1.807, 2.05) is 24.3 Å². The summed E-state index contributed by atoms with van der Waals surface area (Å²) >= 11 is 6.04. The molecule has 0 saturated heterocycles. The molecule has 3 aromatic carbocycles. The van der Waals surface area contributed by atoms with Crippen LogP contribution in [0.15, 0.2) is 48.5 Å². The van der Waals surface area contributed by atoms with Gasteiger partial charge >= 0.3 is 6.18 Å². The molecule has 148 valence electrons. The van der Waals surface area contributed by atoms with Crippen molar-refractivity contribution in [1.82, 2.24) is 0 Å². The number of ketones is 1. The van der Waals surface area contributed by atoms with Gasteiger partial charge in [0.1, 0.15) is 0 Å². The molecule has 0 heterocycles. The number of aryl methyl sites for hydroxylation is 2. The fourth-order valence-electron chi connectivity index (χ4n) is 3.55. The summed E-state index contributed by atoms with van der Waals surface area (Å²) in [6, 6.07) is 13.0. The maximum Gasteiger partial charge on any atom is 0.416 e. The third-order valence-corrected chi connectivity index (χ3v) is 5.51. The number of carbonyl (C=O) groups excluding carboxylic acids is 1. The number of Topliss-reactive ketones (excluding diaryl/α,β-unsaturated/α-hetero) is 1. The van der Waals surface area contributed by atoms with Gasteiger partial charge in [0.15, 0.2) is 5.76 Å². The first-order chi connectivity index (χ1) is 13.7. The van der Waals surface area contributed by atoms with E-state index in [2.05, 4.69) is 0 Å². The summed E-state index contributed by atoms with van der Waals surface area (Å²) in [5.41, 5.74) is 0.875. The van der Waals surface area contributed by atoms with Crippen molar-refractivity contribution >= 4 is 40.0 Å².